The van der Waals surface area contributed by atoms with E-state index < -0.39 is 10.8 Å². The van der Waals surface area contributed by atoms with Gasteiger partial charge in [0, 0.05) is 17.2 Å². The van der Waals surface area contributed by atoms with Crippen LogP contribution in [0.3, 0.4) is 0 Å². The van der Waals surface area contributed by atoms with Crippen molar-refractivity contribution in [3.8, 4) is 11.5 Å². The highest BCUT2D eigenvalue weighted by molar-refractivity contribution is 6.32. The van der Waals surface area contributed by atoms with Crippen LogP contribution < -0.4 is 10.2 Å². The number of para-hydroxylation sites is 1. The van der Waals surface area contributed by atoms with Gasteiger partial charge in [-0.15, -0.1) is 0 Å². The molecule has 0 fully saturated rings. The number of hydrogen-bond acceptors (Lipinski definition) is 6. The molecule has 24 heavy (non-hydrogen) atoms. The zero-order valence-corrected chi connectivity index (χ0v) is 13.1. The normalized spacial score (nSPS) is 10.6. The molecule has 0 aliphatic heterocycles. The number of carbonyl (C=O) groups is 1. The van der Waals surface area contributed by atoms with Gasteiger partial charge in [0.2, 0.25) is 0 Å². The van der Waals surface area contributed by atoms with Crippen LogP contribution in [0.25, 0.3) is 0 Å². The van der Waals surface area contributed by atoms with Crippen LogP contribution in [0.15, 0.2) is 41.5 Å². The Kier molecular flexibility index (Phi) is 5.33. The molecule has 0 aliphatic carbocycles. The number of aromatic hydroxyl groups is 1. The maximum Gasteiger partial charge on any atom is 0.288 e. The van der Waals surface area contributed by atoms with Crippen LogP contribution in [0.2, 0.25) is 5.02 Å². The molecule has 0 aromatic heterocycles. The smallest absolute Gasteiger partial charge is 0.288 e. The van der Waals surface area contributed by atoms with E-state index in [4.69, 9.17) is 16.3 Å². The number of halogens is 1. The largest absolute Gasteiger partial charge is 0.504 e. The number of ether oxygens (including phenoxy) is 1. The summed E-state index contributed by atoms with van der Waals surface area (Å²) < 4.78 is 4.95. The van der Waals surface area contributed by atoms with Gasteiger partial charge in [-0.2, -0.15) is 5.10 Å². The van der Waals surface area contributed by atoms with Gasteiger partial charge in [-0.25, -0.2) is 5.43 Å². The van der Waals surface area contributed by atoms with Gasteiger partial charge in [-0.1, -0.05) is 17.7 Å². The van der Waals surface area contributed by atoms with E-state index in [2.05, 4.69) is 10.5 Å². The number of nitrogens with zero attached hydrogens (tertiary/aromatic N) is 2. The van der Waals surface area contributed by atoms with Crippen molar-refractivity contribution in [2.45, 2.75) is 0 Å². The van der Waals surface area contributed by atoms with Crippen LogP contribution in [0.4, 0.5) is 5.69 Å². The molecule has 0 atom stereocenters. The minimum absolute atomic E-state index is 0.0260. The maximum absolute atomic E-state index is 12.0. The summed E-state index contributed by atoms with van der Waals surface area (Å²) in [5, 5.41) is 24.3. The standard InChI is InChI=1S/C15H12ClN3O5/c1-24-13-4-2-3-10(14(13)20)8-17-18-15(21)9-5-6-11(16)12(7-9)19(22)23/h2-8,20H,1H3,(H,18,21). The third-order valence-corrected chi connectivity index (χ3v) is 3.34. The Balaban J connectivity index is 2.14. The van der Waals surface area contributed by atoms with E-state index in [1.807, 2.05) is 0 Å². The van der Waals surface area contributed by atoms with E-state index in [1.54, 1.807) is 18.2 Å². The highest BCUT2D eigenvalue weighted by Crippen LogP contribution is 2.28. The number of amides is 1. The molecule has 9 heteroatoms. The molecule has 0 saturated heterocycles. The van der Waals surface area contributed by atoms with E-state index in [0.29, 0.717) is 5.56 Å². The number of rotatable bonds is 5. The summed E-state index contributed by atoms with van der Waals surface area (Å²) in [6.45, 7) is 0. The predicted molar refractivity (Wildman–Crippen MR) is 87.8 cm³/mol. The molecule has 0 radical (unpaired) electrons. The fourth-order valence-corrected chi connectivity index (χ4v) is 2.01. The van der Waals surface area contributed by atoms with E-state index >= 15 is 0 Å². The Morgan fingerprint density at radius 2 is 2.17 bits per heavy atom. The van der Waals surface area contributed by atoms with Crippen molar-refractivity contribution in [1.82, 2.24) is 5.43 Å². The van der Waals surface area contributed by atoms with Gasteiger partial charge in [0.05, 0.1) is 18.2 Å². The van der Waals surface area contributed by atoms with Crippen molar-refractivity contribution < 1.29 is 19.6 Å². The lowest BCUT2D eigenvalue weighted by Gasteiger charge is -2.05. The number of benzene rings is 2. The van der Waals surface area contributed by atoms with Gasteiger partial charge in [0.25, 0.3) is 11.6 Å². The molecule has 2 aromatic carbocycles. The van der Waals surface area contributed by atoms with Crippen molar-refractivity contribution in [1.29, 1.82) is 0 Å². The molecule has 0 bridgehead atoms. The molecule has 0 aliphatic rings. The minimum Gasteiger partial charge on any atom is -0.504 e. The molecule has 8 nitrogen and oxygen atoms in total. The summed E-state index contributed by atoms with van der Waals surface area (Å²) in [4.78, 5) is 22.1. The van der Waals surface area contributed by atoms with Crippen molar-refractivity contribution in [3.63, 3.8) is 0 Å². The quantitative estimate of drug-likeness (QED) is 0.489. The first kappa shape index (κ1) is 17.2. The van der Waals surface area contributed by atoms with Crippen LogP contribution in [0.5, 0.6) is 11.5 Å². The van der Waals surface area contributed by atoms with Crippen molar-refractivity contribution in [2.24, 2.45) is 5.10 Å². The third-order valence-electron chi connectivity index (χ3n) is 3.02. The molecule has 2 aromatic rings. The summed E-state index contributed by atoms with van der Waals surface area (Å²) in [7, 11) is 1.41. The third kappa shape index (κ3) is 3.79. The van der Waals surface area contributed by atoms with Gasteiger partial charge in [-0.05, 0) is 24.3 Å². The lowest BCUT2D eigenvalue weighted by molar-refractivity contribution is -0.384. The Bertz CT molecular complexity index is 823. The number of nitro groups is 1. The average molecular weight is 350 g/mol. The fraction of sp³-hybridized carbons (Fsp3) is 0.0667. The molecule has 0 saturated carbocycles. The van der Waals surface area contributed by atoms with Gasteiger partial charge in [0.1, 0.15) is 5.02 Å². The summed E-state index contributed by atoms with van der Waals surface area (Å²) in [5.41, 5.74) is 2.19. The number of nitrogens with one attached hydrogen (secondary N) is 1. The molecular weight excluding hydrogens is 338 g/mol. The first-order valence-electron chi connectivity index (χ1n) is 6.57. The van der Waals surface area contributed by atoms with Gasteiger partial charge in [-0.3, -0.25) is 14.9 Å². The lowest BCUT2D eigenvalue weighted by Crippen LogP contribution is -2.17. The fourth-order valence-electron chi connectivity index (χ4n) is 1.83. The second-order valence-electron chi connectivity index (χ2n) is 4.52. The van der Waals surface area contributed by atoms with Gasteiger partial charge in [0.15, 0.2) is 11.5 Å². The van der Waals surface area contributed by atoms with Crippen LogP contribution in [-0.4, -0.2) is 29.3 Å². The lowest BCUT2D eigenvalue weighted by atomic mass is 10.2. The summed E-state index contributed by atoms with van der Waals surface area (Å²) >= 11 is 5.68. The van der Waals surface area contributed by atoms with Crippen LogP contribution >= 0.6 is 11.6 Å². The molecule has 2 N–H and O–H groups in total. The number of phenols is 1. The zero-order chi connectivity index (χ0) is 17.7. The van der Waals surface area contributed by atoms with E-state index in [1.165, 1.54) is 25.5 Å². The molecule has 0 heterocycles. The predicted octanol–water partition coefficient (Wildman–Crippen LogP) is 2.73. The highest BCUT2D eigenvalue weighted by atomic mass is 35.5. The summed E-state index contributed by atoms with van der Waals surface area (Å²) in [6.07, 6.45) is 1.22. The number of hydrazone groups is 1. The van der Waals surface area contributed by atoms with E-state index in [9.17, 15) is 20.0 Å². The minimum atomic E-state index is -0.684. The van der Waals surface area contributed by atoms with Crippen molar-refractivity contribution in [3.05, 3.63) is 62.7 Å². The van der Waals surface area contributed by atoms with E-state index in [-0.39, 0.29) is 27.8 Å². The summed E-state index contributed by atoms with van der Waals surface area (Å²) in [5.74, 6) is -0.521. The second kappa shape index (κ2) is 7.42. The maximum atomic E-state index is 12.0. The average Bonchev–Trinajstić information content (AvgIpc) is 2.56. The van der Waals surface area contributed by atoms with E-state index in [0.717, 1.165) is 6.07 Å². The first-order chi connectivity index (χ1) is 11.4. The van der Waals surface area contributed by atoms with Gasteiger partial charge >= 0.3 is 0 Å². The van der Waals surface area contributed by atoms with Gasteiger partial charge < -0.3 is 9.84 Å². The number of carbonyl (C=O) groups excluding carboxylic acids is 1. The zero-order valence-electron chi connectivity index (χ0n) is 12.4. The number of phenolic OH excluding ortho intramolecular Hbond substituents is 1. The van der Waals surface area contributed by atoms with Crippen LogP contribution in [0.1, 0.15) is 15.9 Å². The Morgan fingerprint density at radius 1 is 1.42 bits per heavy atom. The second-order valence-corrected chi connectivity index (χ2v) is 4.93. The number of methoxy groups -OCH3 is 1. The van der Waals surface area contributed by atoms with Crippen molar-refractivity contribution >= 4 is 29.4 Å². The molecule has 0 spiro atoms. The number of hydrogen-bond donors (Lipinski definition) is 2. The Hall–Kier alpha value is -3.13. The Morgan fingerprint density at radius 3 is 2.83 bits per heavy atom. The van der Waals surface area contributed by atoms with Crippen LogP contribution in [-0.2, 0) is 0 Å². The molecule has 2 rings (SSSR count). The molecule has 1 amide bonds. The molecule has 0 unspecified atom stereocenters. The summed E-state index contributed by atoms with van der Waals surface area (Å²) in [6, 6.07) is 8.43. The topological polar surface area (TPSA) is 114 Å². The molecule has 124 valence electrons. The molecular formula is C15H12ClN3O5. The van der Waals surface area contributed by atoms with Crippen LogP contribution in [0, 0.1) is 10.1 Å². The Labute approximate surface area is 141 Å². The van der Waals surface area contributed by atoms with Crippen molar-refractivity contribution in [2.75, 3.05) is 7.11 Å². The first-order valence-corrected chi connectivity index (χ1v) is 6.95. The SMILES string of the molecule is COc1cccc(C=NNC(=O)c2ccc(Cl)c([N+](=O)[O-])c2)c1O. The highest BCUT2D eigenvalue weighted by Gasteiger charge is 2.16. The monoisotopic (exact) mass is 349 g/mol. The number of nitro benzene ring substituents is 1.